The van der Waals surface area contributed by atoms with E-state index < -0.39 is 24.1 Å². The van der Waals surface area contributed by atoms with Gasteiger partial charge in [0.2, 0.25) is 0 Å². The Morgan fingerprint density at radius 2 is 1.40 bits per heavy atom. The van der Waals surface area contributed by atoms with Crippen LogP contribution in [0.2, 0.25) is 0 Å². The van der Waals surface area contributed by atoms with Gasteiger partial charge in [0.1, 0.15) is 12.2 Å². The lowest BCUT2D eigenvalue weighted by Crippen LogP contribution is -2.59. The fraction of sp³-hybridized carbons (Fsp3) is 0.423. The molecule has 0 N–H and O–H groups in total. The van der Waals surface area contributed by atoms with Crippen LogP contribution in [0.25, 0.3) is 12.2 Å². The average molecular weight is 494 g/mol. The van der Waals surface area contributed by atoms with Gasteiger partial charge in [-0.2, -0.15) is 13.2 Å². The summed E-state index contributed by atoms with van der Waals surface area (Å²) in [6.45, 7) is 4.27. The maximum Gasteiger partial charge on any atom is 0.416 e. The highest BCUT2D eigenvalue weighted by Crippen LogP contribution is 2.30. The Hall–Kier alpha value is -2.72. The van der Waals surface area contributed by atoms with E-state index in [2.05, 4.69) is 5.16 Å². The first-order valence-corrected chi connectivity index (χ1v) is 11.2. The first-order valence-electron chi connectivity index (χ1n) is 11.2. The number of alkyl halides is 3. The molecule has 2 aromatic rings. The first kappa shape index (κ1) is 26.9. The number of halogens is 3. The number of rotatable bonds is 9. The van der Waals surface area contributed by atoms with Crippen LogP contribution < -0.4 is 0 Å². The lowest BCUT2D eigenvalue weighted by Gasteiger charge is -2.42. The standard InChI is InChI=1S/C26H30F3NO5/c1-5-33-23-22(31-3)17(2)34-25(24(23)32-4)35-30-16-20-10-8-18(9-11-20)6-7-19-12-14-21(15-13-19)26(27,28)29/h6-17,22-25H,5H2,1-4H3/t17-,22-,23-,24-,25-/m0/s1. The molecule has 6 nitrogen and oxygen atoms in total. The van der Waals surface area contributed by atoms with Gasteiger partial charge in [-0.1, -0.05) is 53.7 Å². The van der Waals surface area contributed by atoms with Crippen LogP contribution in [-0.4, -0.2) is 57.7 Å². The van der Waals surface area contributed by atoms with E-state index in [1.165, 1.54) is 12.1 Å². The SMILES string of the molecule is CCO[C@@H]1[C@H](OC)[C@H](ON=Cc2ccc(C=Cc3ccc(C(F)(F)F)cc3)cc2)O[C@@H](C)[C@@H]1OC. The minimum atomic E-state index is -4.34. The molecule has 0 unspecified atom stereocenters. The van der Waals surface area contributed by atoms with E-state index in [0.29, 0.717) is 12.2 Å². The number of hydrogen-bond donors (Lipinski definition) is 0. The van der Waals surface area contributed by atoms with Crippen LogP contribution in [0.5, 0.6) is 0 Å². The molecule has 1 saturated heterocycles. The van der Waals surface area contributed by atoms with Crippen LogP contribution >= 0.6 is 0 Å². The second kappa shape index (κ2) is 12.3. The van der Waals surface area contributed by atoms with E-state index in [-0.39, 0.29) is 18.3 Å². The quantitative estimate of drug-likeness (QED) is 0.266. The minimum absolute atomic E-state index is 0.279. The highest BCUT2D eigenvalue weighted by atomic mass is 19.4. The van der Waals surface area contributed by atoms with Gasteiger partial charge in [-0.05, 0) is 42.7 Å². The zero-order valence-corrected chi connectivity index (χ0v) is 20.1. The second-order valence-corrected chi connectivity index (χ2v) is 7.99. The zero-order chi connectivity index (χ0) is 25.4. The summed E-state index contributed by atoms with van der Waals surface area (Å²) in [7, 11) is 3.16. The van der Waals surface area contributed by atoms with Crippen LogP contribution in [0, 0.1) is 0 Å². The van der Waals surface area contributed by atoms with Crippen molar-refractivity contribution in [3.8, 4) is 0 Å². The predicted octanol–water partition coefficient (Wildman–Crippen LogP) is 5.41. The van der Waals surface area contributed by atoms with Crippen LogP contribution in [0.3, 0.4) is 0 Å². The summed E-state index contributed by atoms with van der Waals surface area (Å²) >= 11 is 0. The Bertz CT molecular complexity index is 976. The molecule has 1 fully saturated rings. The van der Waals surface area contributed by atoms with Crippen molar-refractivity contribution in [2.45, 2.75) is 50.7 Å². The molecule has 0 radical (unpaired) electrons. The third-order valence-electron chi connectivity index (χ3n) is 5.64. The summed E-state index contributed by atoms with van der Waals surface area (Å²) in [6, 6.07) is 12.4. The maximum absolute atomic E-state index is 12.7. The molecule has 2 aromatic carbocycles. The van der Waals surface area contributed by atoms with Gasteiger partial charge in [0.05, 0.1) is 17.9 Å². The Labute approximate surface area is 203 Å². The van der Waals surface area contributed by atoms with E-state index in [9.17, 15) is 13.2 Å². The smallest absolute Gasteiger partial charge is 0.376 e. The molecule has 0 saturated carbocycles. The largest absolute Gasteiger partial charge is 0.416 e. The van der Waals surface area contributed by atoms with E-state index in [4.69, 9.17) is 23.8 Å². The summed E-state index contributed by atoms with van der Waals surface area (Å²) < 4.78 is 60.8. The lowest BCUT2D eigenvalue weighted by atomic mass is 9.99. The van der Waals surface area contributed by atoms with Crippen molar-refractivity contribution in [3.05, 3.63) is 70.8 Å². The Balaban J connectivity index is 1.59. The summed E-state index contributed by atoms with van der Waals surface area (Å²) in [5, 5.41) is 4.06. The van der Waals surface area contributed by atoms with Gasteiger partial charge in [-0.25, -0.2) is 0 Å². The Morgan fingerprint density at radius 3 is 1.91 bits per heavy atom. The number of nitrogens with zero attached hydrogens (tertiary/aromatic N) is 1. The molecule has 0 amide bonds. The van der Waals surface area contributed by atoms with Crippen molar-refractivity contribution in [1.29, 1.82) is 0 Å². The van der Waals surface area contributed by atoms with Crippen molar-refractivity contribution in [1.82, 2.24) is 0 Å². The van der Waals surface area contributed by atoms with Crippen molar-refractivity contribution in [2.75, 3.05) is 20.8 Å². The monoisotopic (exact) mass is 493 g/mol. The molecule has 0 spiro atoms. The van der Waals surface area contributed by atoms with Gasteiger partial charge in [-0.3, -0.25) is 0 Å². The number of benzene rings is 2. The summed E-state index contributed by atoms with van der Waals surface area (Å²) in [4.78, 5) is 5.59. The molecule has 190 valence electrons. The topological polar surface area (TPSA) is 58.5 Å². The number of oxime groups is 1. The van der Waals surface area contributed by atoms with Crippen molar-refractivity contribution >= 4 is 18.4 Å². The predicted molar refractivity (Wildman–Crippen MR) is 127 cm³/mol. The summed E-state index contributed by atoms with van der Waals surface area (Å²) in [6.07, 6.45) is -1.44. The van der Waals surface area contributed by atoms with Gasteiger partial charge in [0.15, 0.2) is 6.10 Å². The van der Waals surface area contributed by atoms with E-state index in [1.54, 1.807) is 26.5 Å². The molecule has 1 aliphatic rings. The first-order chi connectivity index (χ1) is 16.8. The van der Waals surface area contributed by atoms with E-state index in [1.807, 2.05) is 44.2 Å². The fourth-order valence-corrected chi connectivity index (χ4v) is 3.83. The Morgan fingerprint density at radius 1 is 0.857 bits per heavy atom. The molecular formula is C26H30F3NO5. The fourth-order valence-electron chi connectivity index (χ4n) is 3.83. The van der Waals surface area contributed by atoms with Crippen molar-refractivity contribution < 1.29 is 37.0 Å². The molecule has 5 atom stereocenters. The van der Waals surface area contributed by atoms with E-state index in [0.717, 1.165) is 23.3 Å². The minimum Gasteiger partial charge on any atom is -0.376 e. The van der Waals surface area contributed by atoms with Gasteiger partial charge in [-0.15, -0.1) is 0 Å². The van der Waals surface area contributed by atoms with Gasteiger partial charge in [0, 0.05) is 20.8 Å². The van der Waals surface area contributed by atoms with Crippen LogP contribution in [0.4, 0.5) is 13.2 Å². The van der Waals surface area contributed by atoms with Gasteiger partial charge >= 0.3 is 6.18 Å². The number of ether oxygens (including phenoxy) is 4. The van der Waals surface area contributed by atoms with Crippen LogP contribution in [0.15, 0.2) is 53.7 Å². The van der Waals surface area contributed by atoms with Crippen LogP contribution in [0.1, 0.15) is 36.1 Å². The third-order valence-corrected chi connectivity index (χ3v) is 5.64. The molecule has 0 aliphatic carbocycles. The average Bonchev–Trinajstić information content (AvgIpc) is 2.83. The van der Waals surface area contributed by atoms with Crippen molar-refractivity contribution in [3.63, 3.8) is 0 Å². The van der Waals surface area contributed by atoms with Gasteiger partial charge < -0.3 is 23.8 Å². The lowest BCUT2D eigenvalue weighted by molar-refractivity contribution is -0.308. The molecule has 1 heterocycles. The maximum atomic E-state index is 12.7. The zero-order valence-electron chi connectivity index (χ0n) is 20.1. The number of hydrogen-bond acceptors (Lipinski definition) is 6. The molecule has 0 bridgehead atoms. The molecule has 0 aromatic heterocycles. The van der Waals surface area contributed by atoms with Crippen molar-refractivity contribution in [2.24, 2.45) is 5.16 Å². The molecule has 1 aliphatic heterocycles. The highest BCUT2D eigenvalue weighted by Gasteiger charge is 2.47. The summed E-state index contributed by atoms with van der Waals surface area (Å²) in [5.74, 6) is 0. The molecular weight excluding hydrogens is 463 g/mol. The second-order valence-electron chi connectivity index (χ2n) is 7.99. The summed E-state index contributed by atoms with van der Waals surface area (Å²) in [5.41, 5.74) is 1.69. The number of methoxy groups -OCH3 is 2. The highest BCUT2D eigenvalue weighted by molar-refractivity contribution is 5.80. The molecule has 9 heteroatoms. The van der Waals surface area contributed by atoms with Crippen LogP contribution in [-0.2, 0) is 30.0 Å². The normalized spacial score (nSPS) is 25.4. The Kier molecular flexibility index (Phi) is 9.45. The third kappa shape index (κ3) is 7.14. The van der Waals surface area contributed by atoms with E-state index >= 15 is 0 Å². The molecule has 3 rings (SSSR count). The molecule has 35 heavy (non-hydrogen) atoms. The van der Waals surface area contributed by atoms with Gasteiger partial charge in [0.25, 0.3) is 6.29 Å².